The third-order valence-corrected chi connectivity index (χ3v) is 5.65. The van der Waals surface area contributed by atoms with Gasteiger partial charge in [0, 0.05) is 5.69 Å². The van der Waals surface area contributed by atoms with E-state index in [1.807, 2.05) is 52.0 Å². The molecule has 6 heteroatoms. The summed E-state index contributed by atoms with van der Waals surface area (Å²) in [6.45, 7) is 9.29. The average molecular weight is 375 g/mol. The van der Waals surface area contributed by atoms with Gasteiger partial charge in [0.05, 0.1) is 11.9 Å². The van der Waals surface area contributed by atoms with E-state index in [0.717, 1.165) is 28.5 Å². The van der Waals surface area contributed by atoms with E-state index >= 15 is 0 Å². The van der Waals surface area contributed by atoms with Gasteiger partial charge in [0.25, 0.3) is 0 Å². The molecule has 0 heterocycles. The monoisotopic (exact) mass is 374 g/mol. The third-order valence-electron chi connectivity index (χ3n) is 4.41. The number of aryl methyl sites for hydroxylation is 3. The molecule has 1 N–H and O–H groups in total. The molecule has 5 nitrogen and oxygen atoms in total. The second-order valence-electron chi connectivity index (χ2n) is 6.82. The molecular weight excluding hydrogens is 348 g/mol. The first-order valence-corrected chi connectivity index (χ1v) is 10.3. The van der Waals surface area contributed by atoms with Crippen molar-refractivity contribution in [3.05, 3.63) is 58.7 Å². The van der Waals surface area contributed by atoms with Gasteiger partial charge in [-0.3, -0.25) is 9.10 Å². The van der Waals surface area contributed by atoms with Gasteiger partial charge in [0.2, 0.25) is 15.9 Å². The zero-order valence-corrected chi connectivity index (χ0v) is 16.9. The van der Waals surface area contributed by atoms with Crippen molar-refractivity contribution in [1.29, 1.82) is 0 Å². The number of nitrogens with zero attached hydrogens (tertiary/aromatic N) is 1. The molecule has 0 unspecified atom stereocenters. The summed E-state index contributed by atoms with van der Waals surface area (Å²) in [6.07, 6.45) is 1.12. The molecule has 26 heavy (non-hydrogen) atoms. The molecule has 1 atom stereocenters. The van der Waals surface area contributed by atoms with Gasteiger partial charge in [-0.25, -0.2) is 8.42 Å². The van der Waals surface area contributed by atoms with Crippen LogP contribution in [0.1, 0.15) is 29.2 Å². The van der Waals surface area contributed by atoms with Crippen molar-refractivity contribution in [2.75, 3.05) is 15.9 Å². The molecule has 0 aromatic heterocycles. The van der Waals surface area contributed by atoms with Crippen LogP contribution in [-0.2, 0) is 14.8 Å². The van der Waals surface area contributed by atoms with Crippen LogP contribution < -0.4 is 9.62 Å². The lowest BCUT2D eigenvalue weighted by Gasteiger charge is -2.29. The summed E-state index contributed by atoms with van der Waals surface area (Å²) in [5, 5.41) is 2.86. The number of anilines is 2. The van der Waals surface area contributed by atoms with Crippen LogP contribution in [0.4, 0.5) is 11.4 Å². The molecule has 1 amide bonds. The molecule has 0 spiro atoms. The summed E-state index contributed by atoms with van der Waals surface area (Å²) in [6, 6.07) is 10.3. The number of benzene rings is 2. The van der Waals surface area contributed by atoms with Gasteiger partial charge in [-0.05, 0) is 75.1 Å². The molecule has 2 rings (SSSR count). The van der Waals surface area contributed by atoms with E-state index in [1.165, 1.54) is 4.31 Å². The molecule has 2 aromatic carbocycles. The highest BCUT2D eigenvalue weighted by Gasteiger charge is 2.29. The van der Waals surface area contributed by atoms with E-state index in [9.17, 15) is 13.2 Å². The normalized spacial score (nSPS) is 12.5. The van der Waals surface area contributed by atoms with E-state index in [0.29, 0.717) is 11.4 Å². The van der Waals surface area contributed by atoms with Crippen LogP contribution in [0.15, 0.2) is 36.4 Å². The summed E-state index contributed by atoms with van der Waals surface area (Å²) in [5.74, 6) is -0.372. The second kappa shape index (κ2) is 7.50. The Morgan fingerprint density at radius 1 is 1.04 bits per heavy atom. The molecule has 140 valence electrons. The fraction of sp³-hybridized carbons (Fsp3) is 0.350. The topological polar surface area (TPSA) is 66.5 Å². The van der Waals surface area contributed by atoms with Gasteiger partial charge in [-0.2, -0.15) is 0 Å². The number of rotatable bonds is 5. The first-order chi connectivity index (χ1) is 12.0. The van der Waals surface area contributed by atoms with E-state index in [-0.39, 0.29) is 5.91 Å². The number of nitrogens with one attached hydrogen (secondary N) is 1. The van der Waals surface area contributed by atoms with Crippen LogP contribution in [0, 0.1) is 27.7 Å². The Kier molecular flexibility index (Phi) is 5.76. The maximum Gasteiger partial charge on any atom is 0.248 e. The lowest BCUT2D eigenvalue weighted by Crippen LogP contribution is -2.45. The molecule has 0 fully saturated rings. The number of sulfonamides is 1. The number of hydrogen-bond acceptors (Lipinski definition) is 3. The molecule has 0 aliphatic rings. The van der Waals surface area contributed by atoms with Gasteiger partial charge in [-0.1, -0.05) is 18.2 Å². The molecule has 2 aromatic rings. The van der Waals surface area contributed by atoms with Crippen molar-refractivity contribution in [3.63, 3.8) is 0 Å². The zero-order chi connectivity index (χ0) is 19.6. The number of amides is 1. The minimum atomic E-state index is -3.63. The highest BCUT2D eigenvalue weighted by molar-refractivity contribution is 7.92. The van der Waals surface area contributed by atoms with Crippen molar-refractivity contribution in [2.45, 2.75) is 40.7 Å². The lowest BCUT2D eigenvalue weighted by atomic mass is 10.1. The molecule has 0 saturated carbocycles. The van der Waals surface area contributed by atoms with E-state index in [2.05, 4.69) is 5.32 Å². The van der Waals surface area contributed by atoms with Crippen molar-refractivity contribution in [2.24, 2.45) is 0 Å². The molecule has 0 saturated heterocycles. The van der Waals surface area contributed by atoms with Gasteiger partial charge in [-0.15, -0.1) is 0 Å². The van der Waals surface area contributed by atoms with Gasteiger partial charge < -0.3 is 5.32 Å². The van der Waals surface area contributed by atoms with Gasteiger partial charge >= 0.3 is 0 Å². The Hall–Kier alpha value is -2.34. The van der Waals surface area contributed by atoms with E-state index in [1.54, 1.807) is 19.1 Å². The van der Waals surface area contributed by atoms with Crippen molar-refractivity contribution in [3.8, 4) is 0 Å². The van der Waals surface area contributed by atoms with Crippen LogP contribution in [0.2, 0.25) is 0 Å². The largest absolute Gasteiger partial charge is 0.324 e. The number of carbonyl (C=O) groups excluding carboxylic acids is 1. The molecule has 0 aliphatic heterocycles. The van der Waals surface area contributed by atoms with E-state index in [4.69, 9.17) is 0 Å². The van der Waals surface area contributed by atoms with Crippen LogP contribution in [-0.4, -0.2) is 26.6 Å². The van der Waals surface area contributed by atoms with Crippen molar-refractivity contribution in [1.82, 2.24) is 0 Å². The summed E-state index contributed by atoms with van der Waals surface area (Å²) in [5.41, 5.74) is 5.09. The first-order valence-electron chi connectivity index (χ1n) is 8.45. The Morgan fingerprint density at radius 3 is 2.15 bits per heavy atom. The van der Waals surface area contributed by atoms with Crippen molar-refractivity contribution >= 4 is 27.3 Å². The van der Waals surface area contributed by atoms with Crippen molar-refractivity contribution < 1.29 is 13.2 Å². The third kappa shape index (κ3) is 4.43. The Bertz CT molecular complexity index is 916. The number of carbonyl (C=O) groups is 1. The molecular formula is C20H26N2O3S. The molecule has 0 aliphatic carbocycles. The van der Waals surface area contributed by atoms with Crippen LogP contribution in [0.5, 0.6) is 0 Å². The number of hydrogen-bond donors (Lipinski definition) is 1. The first kappa shape index (κ1) is 20.0. The minimum Gasteiger partial charge on any atom is -0.324 e. The Balaban J connectivity index is 2.39. The fourth-order valence-electron chi connectivity index (χ4n) is 3.01. The van der Waals surface area contributed by atoms with Gasteiger partial charge in [0.1, 0.15) is 6.04 Å². The summed E-state index contributed by atoms with van der Waals surface area (Å²) in [4.78, 5) is 12.8. The average Bonchev–Trinajstić information content (AvgIpc) is 2.49. The van der Waals surface area contributed by atoms with Crippen LogP contribution in [0.3, 0.4) is 0 Å². The quantitative estimate of drug-likeness (QED) is 0.867. The highest BCUT2D eigenvalue weighted by atomic mass is 32.2. The van der Waals surface area contributed by atoms with Gasteiger partial charge in [0.15, 0.2) is 0 Å². The highest BCUT2D eigenvalue weighted by Crippen LogP contribution is 2.25. The smallest absolute Gasteiger partial charge is 0.248 e. The van der Waals surface area contributed by atoms with E-state index < -0.39 is 16.1 Å². The Morgan fingerprint density at radius 2 is 1.62 bits per heavy atom. The lowest BCUT2D eigenvalue weighted by molar-refractivity contribution is -0.116. The predicted molar refractivity (Wildman–Crippen MR) is 107 cm³/mol. The maximum atomic E-state index is 12.8. The minimum absolute atomic E-state index is 0.372. The predicted octanol–water partition coefficient (Wildman–Crippen LogP) is 3.71. The maximum absolute atomic E-state index is 12.8. The van der Waals surface area contributed by atoms with Crippen LogP contribution in [0.25, 0.3) is 0 Å². The zero-order valence-electron chi connectivity index (χ0n) is 16.1. The Labute approximate surface area is 156 Å². The molecule has 0 bridgehead atoms. The standard InChI is InChI=1S/C20H26N2O3S/c1-13-10-14(2)12-18(11-13)22(26(6,24)25)17(5)20(23)21-19-9-7-8-15(3)16(19)4/h7-12,17H,1-6H3,(H,21,23)/t17-/m1/s1. The summed E-state index contributed by atoms with van der Waals surface area (Å²) < 4.78 is 26.0. The summed E-state index contributed by atoms with van der Waals surface area (Å²) in [7, 11) is -3.63. The SMILES string of the molecule is Cc1cc(C)cc(N([C@H](C)C(=O)Nc2cccc(C)c2C)S(C)(=O)=O)c1. The fourth-order valence-corrected chi connectivity index (χ4v) is 4.17. The molecule has 0 radical (unpaired) electrons. The summed E-state index contributed by atoms with van der Waals surface area (Å²) >= 11 is 0. The van der Waals surface area contributed by atoms with Crippen LogP contribution >= 0.6 is 0 Å². The second-order valence-corrected chi connectivity index (χ2v) is 8.68.